The number of methoxy groups -OCH3 is 1. The minimum Gasteiger partial charge on any atom is -0.497 e. The van der Waals surface area contributed by atoms with E-state index in [1.54, 1.807) is 66.8 Å². The summed E-state index contributed by atoms with van der Waals surface area (Å²) < 4.78 is 23.9. The molecule has 0 saturated heterocycles. The molecule has 0 aliphatic carbocycles. The monoisotopic (exact) mass is 438 g/mol. The molecule has 0 saturated carbocycles. The molecule has 6 nitrogen and oxygen atoms in total. The lowest BCUT2D eigenvalue weighted by molar-refractivity contribution is -0.133. The molecule has 168 valence electrons. The highest BCUT2D eigenvalue weighted by molar-refractivity contribution is 5.96. The van der Waals surface area contributed by atoms with Crippen LogP contribution in [-0.4, -0.2) is 41.3 Å². The molecule has 1 aromatic heterocycles. The van der Waals surface area contributed by atoms with Crippen LogP contribution in [0, 0.1) is 5.82 Å². The van der Waals surface area contributed by atoms with Crippen LogP contribution in [0.3, 0.4) is 0 Å². The van der Waals surface area contributed by atoms with Gasteiger partial charge in [-0.3, -0.25) is 9.59 Å². The van der Waals surface area contributed by atoms with E-state index in [0.29, 0.717) is 17.1 Å². The van der Waals surface area contributed by atoms with Gasteiger partial charge in [0.05, 0.1) is 19.9 Å². The number of benzene rings is 2. The fourth-order valence-electron chi connectivity index (χ4n) is 3.27. The fraction of sp³-hybridized carbons (Fsp3) is 0.280. The second-order valence-corrected chi connectivity index (χ2v) is 7.71. The fourth-order valence-corrected chi connectivity index (χ4v) is 3.27. The van der Waals surface area contributed by atoms with Crippen molar-refractivity contribution < 1.29 is 23.1 Å². The number of ether oxygens (including phenoxy) is 1. The molecule has 0 N–H and O–H groups in total. The van der Waals surface area contributed by atoms with E-state index in [1.807, 2.05) is 13.8 Å². The first-order chi connectivity index (χ1) is 15.4. The Morgan fingerprint density at radius 1 is 1.00 bits per heavy atom. The van der Waals surface area contributed by atoms with Crippen LogP contribution in [0.15, 0.2) is 71.3 Å². The van der Waals surface area contributed by atoms with E-state index in [2.05, 4.69) is 0 Å². The molecule has 2 aromatic carbocycles. The van der Waals surface area contributed by atoms with E-state index in [1.165, 1.54) is 17.0 Å². The lowest BCUT2D eigenvalue weighted by Crippen LogP contribution is -2.45. The van der Waals surface area contributed by atoms with Gasteiger partial charge in [-0.1, -0.05) is 12.1 Å². The van der Waals surface area contributed by atoms with Gasteiger partial charge in [0.1, 0.15) is 23.9 Å². The smallest absolute Gasteiger partial charge is 0.254 e. The molecule has 3 rings (SSSR count). The Morgan fingerprint density at radius 2 is 1.69 bits per heavy atom. The molecule has 0 atom stereocenters. The summed E-state index contributed by atoms with van der Waals surface area (Å²) in [7, 11) is 1.56. The summed E-state index contributed by atoms with van der Waals surface area (Å²) in [5.41, 5.74) is 1.26. The summed E-state index contributed by atoms with van der Waals surface area (Å²) in [5, 5.41) is 0. The third kappa shape index (κ3) is 5.97. The molecule has 0 unspecified atom stereocenters. The standard InChI is InChI=1S/C25H27FN2O4/c1-18(2)28(25(30)20-8-12-22(31-3)13-9-20)17-24(29)27(16-23-5-4-14-32-23)15-19-6-10-21(26)11-7-19/h4-14,18H,15-17H2,1-3H3. The summed E-state index contributed by atoms with van der Waals surface area (Å²) in [6, 6.07) is 16.1. The number of rotatable bonds is 9. The first kappa shape index (κ1) is 23.1. The highest BCUT2D eigenvalue weighted by Crippen LogP contribution is 2.17. The van der Waals surface area contributed by atoms with Crippen molar-refractivity contribution in [2.24, 2.45) is 0 Å². The quantitative estimate of drug-likeness (QED) is 0.493. The number of hydrogen-bond acceptors (Lipinski definition) is 4. The van der Waals surface area contributed by atoms with Gasteiger partial charge >= 0.3 is 0 Å². The lowest BCUT2D eigenvalue weighted by atomic mass is 10.1. The molecular formula is C25H27FN2O4. The summed E-state index contributed by atoms with van der Waals surface area (Å²) in [5.74, 6) is 0.460. The predicted molar refractivity (Wildman–Crippen MR) is 119 cm³/mol. The second kappa shape index (κ2) is 10.6. The molecule has 0 radical (unpaired) electrons. The van der Waals surface area contributed by atoms with E-state index in [4.69, 9.17) is 9.15 Å². The molecule has 1 heterocycles. The van der Waals surface area contributed by atoms with Crippen LogP contribution >= 0.6 is 0 Å². The first-order valence-electron chi connectivity index (χ1n) is 10.4. The Hall–Kier alpha value is -3.61. The Kier molecular flexibility index (Phi) is 7.65. The zero-order chi connectivity index (χ0) is 23.1. The van der Waals surface area contributed by atoms with Crippen LogP contribution in [0.2, 0.25) is 0 Å². The van der Waals surface area contributed by atoms with Crippen molar-refractivity contribution in [3.63, 3.8) is 0 Å². The summed E-state index contributed by atoms with van der Waals surface area (Å²) >= 11 is 0. The maximum atomic E-state index is 13.3. The molecule has 0 spiro atoms. The van der Waals surface area contributed by atoms with Crippen molar-refractivity contribution in [1.82, 2.24) is 9.80 Å². The SMILES string of the molecule is COc1ccc(C(=O)N(CC(=O)N(Cc2ccc(F)cc2)Cc2ccco2)C(C)C)cc1. The number of amides is 2. The van der Waals surface area contributed by atoms with E-state index >= 15 is 0 Å². The Bertz CT molecular complexity index is 1020. The highest BCUT2D eigenvalue weighted by atomic mass is 19.1. The average Bonchev–Trinajstić information content (AvgIpc) is 3.31. The topological polar surface area (TPSA) is 63.0 Å². The van der Waals surface area contributed by atoms with Gasteiger partial charge in [0, 0.05) is 18.2 Å². The van der Waals surface area contributed by atoms with Crippen LogP contribution in [0.1, 0.15) is 35.5 Å². The molecule has 0 bridgehead atoms. The molecular weight excluding hydrogens is 411 g/mol. The molecule has 2 amide bonds. The normalized spacial score (nSPS) is 10.8. The molecule has 7 heteroatoms. The van der Waals surface area contributed by atoms with Crippen molar-refractivity contribution in [2.45, 2.75) is 33.0 Å². The van der Waals surface area contributed by atoms with Gasteiger partial charge in [0.2, 0.25) is 5.91 Å². The Labute approximate surface area is 187 Å². The number of hydrogen-bond donors (Lipinski definition) is 0. The maximum Gasteiger partial charge on any atom is 0.254 e. The molecule has 3 aromatic rings. The molecule has 0 aliphatic heterocycles. The van der Waals surface area contributed by atoms with Crippen LogP contribution in [0.5, 0.6) is 5.75 Å². The zero-order valence-electron chi connectivity index (χ0n) is 18.5. The van der Waals surface area contributed by atoms with Gasteiger partial charge in [-0.2, -0.15) is 0 Å². The van der Waals surface area contributed by atoms with Crippen molar-refractivity contribution >= 4 is 11.8 Å². The van der Waals surface area contributed by atoms with Crippen molar-refractivity contribution in [2.75, 3.05) is 13.7 Å². The van der Waals surface area contributed by atoms with Gasteiger partial charge < -0.3 is 19.0 Å². The molecule has 32 heavy (non-hydrogen) atoms. The first-order valence-corrected chi connectivity index (χ1v) is 10.4. The van der Waals surface area contributed by atoms with Gasteiger partial charge in [0.25, 0.3) is 5.91 Å². The van der Waals surface area contributed by atoms with Gasteiger partial charge in [0.15, 0.2) is 0 Å². The average molecular weight is 438 g/mol. The van der Waals surface area contributed by atoms with E-state index in [-0.39, 0.29) is 43.3 Å². The summed E-state index contributed by atoms with van der Waals surface area (Å²) in [4.78, 5) is 29.5. The Morgan fingerprint density at radius 3 is 2.25 bits per heavy atom. The highest BCUT2D eigenvalue weighted by Gasteiger charge is 2.25. The zero-order valence-corrected chi connectivity index (χ0v) is 18.5. The van der Waals surface area contributed by atoms with Crippen molar-refractivity contribution in [3.8, 4) is 5.75 Å². The number of furan rings is 1. The maximum absolute atomic E-state index is 13.3. The second-order valence-electron chi connectivity index (χ2n) is 7.71. The molecule has 0 fully saturated rings. The van der Waals surface area contributed by atoms with Crippen LogP contribution < -0.4 is 4.74 Å². The number of carbonyl (C=O) groups excluding carboxylic acids is 2. The van der Waals surface area contributed by atoms with E-state index in [9.17, 15) is 14.0 Å². The van der Waals surface area contributed by atoms with Gasteiger partial charge in [-0.15, -0.1) is 0 Å². The van der Waals surface area contributed by atoms with E-state index < -0.39 is 0 Å². The Balaban J connectivity index is 1.79. The van der Waals surface area contributed by atoms with Crippen molar-refractivity contribution in [1.29, 1.82) is 0 Å². The van der Waals surface area contributed by atoms with Crippen LogP contribution in [0.25, 0.3) is 0 Å². The van der Waals surface area contributed by atoms with Crippen LogP contribution in [-0.2, 0) is 17.9 Å². The number of halogens is 1. The number of carbonyl (C=O) groups is 2. The van der Waals surface area contributed by atoms with Gasteiger partial charge in [-0.25, -0.2) is 4.39 Å². The molecule has 0 aliphatic rings. The lowest BCUT2D eigenvalue weighted by Gasteiger charge is -2.30. The minimum absolute atomic E-state index is 0.0928. The summed E-state index contributed by atoms with van der Waals surface area (Å²) in [6.45, 7) is 4.15. The van der Waals surface area contributed by atoms with Crippen molar-refractivity contribution in [3.05, 3.63) is 89.6 Å². The van der Waals surface area contributed by atoms with E-state index in [0.717, 1.165) is 5.56 Å². The third-order valence-electron chi connectivity index (χ3n) is 5.09. The van der Waals surface area contributed by atoms with Crippen LogP contribution in [0.4, 0.5) is 4.39 Å². The van der Waals surface area contributed by atoms with Gasteiger partial charge in [-0.05, 0) is 67.9 Å². The largest absolute Gasteiger partial charge is 0.497 e. The summed E-state index contributed by atoms with van der Waals surface area (Å²) in [6.07, 6.45) is 1.55. The minimum atomic E-state index is -0.339. The number of nitrogens with zero attached hydrogens (tertiary/aromatic N) is 2. The predicted octanol–water partition coefficient (Wildman–Crippen LogP) is 4.51. The third-order valence-corrected chi connectivity index (χ3v) is 5.09.